The van der Waals surface area contributed by atoms with Gasteiger partial charge in [-0.1, -0.05) is 22.9 Å². The fourth-order valence-electron chi connectivity index (χ4n) is 0.805. The van der Waals surface area contributed by atoms with Gasteiger partial charge in [-0.3, -0.25) is 4.79 Å². The lowest BCUT2D eigenvalue weighted by atomic mass is 10.2. The molecule has 0 fully saturated rings. The van der Waals surface area contributed by atoms with Crippen molar-refractivity contribution >= 4 is 21.8 Å². The van der Waals surface area contributed by atoms with Gasteiger partial charge in [0, 0.05) is 17.8 Å². The van der Waals surface area contributed by atoms with Crippen molar-refractivity contribution < 1.29 is 18.0 Å². The number of carbonyl (C=O) groups excluding carboxylic acids is 1. The van der Waals surface area contributed by atoms with Crippen molar-refractivity contribution in [3.05, 3.63) is 0 Å². The maximum absolute atomic E-state index is 11.7. The highest BCUT2D eigenvalue weighted by Gasteiger charge is 2.28. The van der Waals surface area contributed by atoms with Crippen molar-refractivity contribution in [3.63, 3.8) is 0 Å². The minimum Gasteiger partial charge on any atom is -0.353 e. The number of hydrogen-bond donors (Lipinski definition) is 1. The van der Waals surface area contributed by atoms with Crippen LogP contribution >= 0.6 is 15.9 Å². The van der Waals surface area contributed by atoms with Crippen LogP contribution in [0.4, 0.5) is 13.2 Å². The molecule has 0 aromatic rings. The molecule has 0 rings (SSSR count). The minimum absolute atomic E-state index is 0.0873. The molecule has 1 atom stereocenters. The summed E-state index contributed by atoms with van der Waals surface area (Å²) >= 11 is 3.16. The third-order valence-corrected chi connectivity index (χ3v) is 2.46. The van der Waals surface area contributed by atoms with E-state index in [9.17, 15) is 18.0 Å². The first kappa shape index (κ1) is 13.7. The Bertz CT molecular complexity index is 180. The summed E-state index contributed by atoms with van der Waals surface area (Å²) in [5.74, 6) is -0.548. The monoisotopic (exact) mass is 275 g/mol. The first-order valence-corrected chi connectivity index (χ1v) is 5.43. The Morgan fingerprint density at radius 2 is 2.07 bits per heavy atom. The molecular formula is C8H13BrF3NO. The summed E-state index contributed by atoms with van der Waals surface area (Å²) in [5.41, 5.74) is 0. The Morgan fingerprint density at radius 1 is 1.50 bits per heavy atom. The van der Waals surface area contributed by atoms with E-state index in [0.29, 0.717) is 11.8 Å². The minimum atomic E-state index is -4.26. The highest BCUT2D eigenvalue weighted by molar-refractivity contribution is 9.09. The maximum Gasteiger partial charge on any atom is 0.389 e. The van der Waals surface area contributed by atoms with Crippen LogP contribution < -0.4 is 5.32 Å². The van der Waals surface area contributed by atoms with Gasteiger partial charge in [0.25, 0.3) is 0 Å². The second-order valence-corrected chi connectivity index (χ2v) is 3.59. The molecule has 0 aliphatic carbocycles. The smallest absolute Gasteiger partial charge is 0.353 e. The number of nitrogens with one attached hydrogen (secondary N) is 1. The summed E-state index contributed by atoms with van der Waals surface area (Å²) < 4.78 is 35.2. The van der Waals surface area contributed by atoms with Crippen LogP contribution in [0.15, 0.2) is 0 Å². The molecule has 0 saturated carbocycles. The van der Waals surface area contributed by atoms with Gasteiger partial charge in [0.2, 0.25) is 5.91 Å². The number of alkyl halides is 4. The summed E-state index contributed by atoms with van der Waals surface area (Å²) in [7, 11) is 0. The molecule has 0 radical (unpaired) electrons. The second-order valence-electron chi connectivity index (χ2n) is 2.94. The van der Waals surface area contributed by atoms with E-state index in [2.05, 4.69) is 21.2 Å². The van der Waals surface area contributed by atoms with Crippen LogP contribution in [0, 0.1) is 0 Å². The Kier molecular flexibility index (Phi) is 6.15. The molecule has 1 amide bonds. The Balaban J connectivity index is 3.75. The molecule has 2 nitrogen and oxygen atoms in total. The highest BCUT2D eigenvalue weighted by Crippen LogP contribution is 2.21. The van der Waals surface area contributed by atoms with E-state index in [0.717, 1.165) is 0 Å². The summed E-state index contributed by atoms with van der Waals surface area (Å²) in [6.07, 6.45) is -5.11. The lowest BCUT2D eigenvalue weighted by molar-refractivity contribution is -0.144. The van der Waals surface area contributed by atoms with E-state index in [1.807, 2.05) is 6.92 Å². The van der Waals surface area contributed by atoms with Crippen LogP contribution in [0.3, 0.4) is 0 Å². The standard InChI is InChI=1S/C8H13BrF3NO/c1-2-6(5-9)13-7(14)3-4-8(10,11)12/h6H,2-5H2,1H3,(H,13,14). The van der Waals surface area contributed by atoms with Crippen molar-refractivity contribution in [1.82, 2.24) is 5.32 Å². The van der Waals surface area contributed by atoms with Crippen LogP contribution in [0.25, 0.3) is 0 Å². The van der Waals surface area contributed by atoms with Crippen molar-refractivity contribution in [3.8, 4) is 0 Å². The number of amides is 1. The first-order valence-electron chi connectivity index (χ1n) is 4.31. The van der Waals surface area contributed by atoms with E-state index >= 15 is 0 Å². The lowest BCUT2D eigenvalue weighted by Crippen LogP contribution is -2.35. The molecule has 0 spiro atoms. The van der Waals surface area contributed by atoms with Crippen LogP contribution in [-0.4, -0.2) is 23.5 Å². The van der Waals surface area contributed by atoms with Crippen molar-refractivity contribution in [1.29, 1.82) is 0 Å². The SMILES string of the molecule is CCC(CBr)NC(=O)CCC(F)(F)F. The van der Waals surface area contributed by atoms with E-state index in [4.69, 9.17) is 0 Å². The van der Waals surface area contributed by atoms with Gasteiger partial charge < -0.3 is 5.32 Å². The predicted molar refractivity (Wildman–Crippen MR) is 51.3 cm³/mol. The normalized spacial score (nSPS) is 13.8. The molecule has 6 heteroatoms. The van der Waals surface area contributed by atoms with Gasteiger partial charge in [0.05, 0.1) is 6.42 Å². The van der Waals surface area contributed by atoms with Crippen LogP contribution in [0.1, 0.15) is 26.2 Å². The topological polar surface area (TPSA) is 29.1 Å². The number of carbonyl (C=O) groups is 1. The third-order valence-electron chi connectivity index (χ3n) is 1.68. The van der Waals surface area contributed by atoms with Crippen molar-refractivity contribution in [2.24, 2.45) is 0 Å². The van der Waals surface area contributed by atoms with Crippen LogP contribution in [0.5, 0.6) is 0 Å². The molecule has 1 N–H and O–H groups in total. The average molecular weight is 276 g/mol. The van der Waals surface area contributed by atoms with Gasteiger partial charge in [0.15, 0.2) is 0 Å². The highest BCUT2D eigenvalue weighted by atomic mass is 79.9. The molecule has 0 aromatic carbocycles. The maximum atomic E-state index is 11.7. The summed E-state index contributed by atoms with van der Waals surface area (Å²) in [6, 6.07) is -0.0873. The Hall–Kier alpha value is -0.260. The fraction of sp³-hybridized carbons (Fsp3) is 0.875. The van der Waals surface area contributed by atoms with Crippen LogP contribution in [0.2, 0.25) is 0 Å². The number of hydrogen-bond acceptors (Lipinski definition) is 1. The summed E-state index contributed by atoms with van der Waals surface area (Å²) in [6.45, 7) is 1.86. The van der Waals surface area contributed by atoms with E-state index in [1.54, 1.807) is 0 Å². The van der Waals surface area contributed by atoms with Gasteiger partial charge in [-0.25, -0.2) is 0 Å². The lowest BCUT2D eigenvalue weighted by Gasteiger charge is -2.14. The largest absolute Gasteiger partial charge is 0.389 e. The van der Waals surface area contributed by atoms with Crippen LogP contribution in [-0.2, 0) is 4.79 Å². The Labute approximate surface area is 89.4 Å². The fourth-order valence-corrected chi connectivity index (χ4v) is 1.42. The third kappa shape index (κ3) is 7.17. The number of rotatable bonds is 5. The van der Waals surface area contributed by atoms with Gasteiger partial charge in [0.1, 0.15) is 0 Å². The molecule has 1 unspecified atom stereocenters. The molecule has 0 heterocycles. The molecule has 14 heavy (non-hydrogen) atoms. The molecule has 0 aliphatic heterocycles. The quantitative estimate of drug-likeness (QED) is 0.768. The summed E-state index contributed by atoms with van der Waals surface area (Å²) in [4.78, 5) is 11.0. The molecule has 0 aliphatic rings. The predicted octanol–water partition coefficient (Wildman–Crippen LogP) is 2.62. The average Bonchev–Trinajstić information content (AvgIpc) is 2.09. The van der Waals surface area contributed by atoms with E-state index in [-0.39, 0.29) is 6.04 Å². The molecular weight excluding hydrogens is 263 g/mol. The van der Waals surface area contributed by atoms with E-state index < -0.39 is 24.9 Å². The zero-order chi connectivity index (χ0) is 11.2. The van der Waals surface area contributed by atoms with Gasteiger partial charge in [-0.2, -0.15) is 13.2 Å². The second kappa shape index (κ2) is 6.27. The van der Waals surface area contributed by atoms with Gasteiger partial charge in [-0.05, 0) is 6.42 Å². The van der Waals surface area contributed by atoms with Gasteiger partial charge in [-0.15, -0.1) is 0 Å². The first-order chi connectivity index (χ1) is 6.39. The molecule has 84 valence electrons. The number of halogens is 4. The summed E-state index contributed by atoms with van der Waals surface area (Å²) in [5, 5.41) is 3.06. The van der Waals surface area contributed by atoms with Crippen molar-refractivity contribution in [2.45, 2.75) is 38.4 Å². The van der Waals surface area contributed by atoms with Crippen molar-refractivity contribution in [2.75, 3.05) is 5.33 Å². The Morgan fingerprint density at radius 3 is 2.43 bits per heavy atom. The zero-order valence-corrected chi connectivity index (χ0v) is 9.41. The zero-order valence-electron chi connectivity index (χ0n) is 7.83. The van der Waals surface area contributed by atoms with Gasteiger partial charge >= 0.3 is 6.18 Å². The molecule has 0 aromatic heterocycles. The van der Waals surface area contributed by atoms with E-state index in [1.165, 1.54) is 0 Å². The molecule has 0 bridgehead atoms. The molecule has 0 saturated heterocycles.